The second-order valence-corrected chi connectivity index (χ2v) is 6.38. The minimum absolute atomic E-state index is 0.0501. The van der Waals surface area contributed by atoms with Gasteiger partial charge in [0.05, 0.1) is 11.3 Å². The SMILES string of the molecule is N#Cc1ccc(F)cc1N1C[C@@H]2C[C@H](C1)c1cccc(=O)n1C2. The Labute approximate surface area is 133 Å². The number of pyridine rings is 1. The van der Waals surface area contributed by atoms with Crippen molar-refractivity contribution >= 4 is 5.69 Å². The topological polar surface area (TPSA) is 49.0 Å². The van der Waals surface area contributed by atoms with Crippen LogP contribution in [0.1, 0.15) is 23.6 Å². The van der Waals surface area contributed by atoms with Crippen molar-refractivity contribution in [3.05, 3.63) is 63.8 Å². The molecule has 0 saturated carbocycles. The van der Waals surface area contributed by atoms with Crippen LogP contribution in [0.2, 0.25) is 0 Å². The van der Waals surface area contributed by atoms with Crippen molar-refractivity contribution in [2.75, 3.05) is 18.0 Å². The first kappa shape index (κ1) is 14.0. The van der Waals surface area contributed by atoms with Crippen molar-refractivity contribution in [1.29, 1.82) is 5.26 Å². The van der Waals surface area contributed by atoms with E-state index < -0.39 is 0 Å². The van der Waals surface area contributed by atoms with Gasteiger partial charge in [0.25, 0.3) is 5.56 Å². The molecule has 4 nitrogen and oxygen atoms in total. The van der Waals surface area contributed by atoms with Crippen molar-refractivity contribution in [2.24, 2.45) is 5.92 Å². The number of nitriles is 1. The molecule has 0 unspecified atom stereocenters. The second kappa shape index (κ2) is 5.24. The number of rotatable bonds is 1. The van der Waals surface area contributed by atoms with Gasteiger partial charge in [-0.3, -0.25) is 4.79 Å². The number of benzene rings is 1. The number of nitrogens with zero attached hydrogens (tertiary/aromatic N) is 3. The average Bonchev–Trinajstić information content (AvgIpc) is 2.56. The maximum atomic E-state index is 13.6. The average molecular weight is 309 g/mol. The minimum Gasteiger partial charge on any atom is -0.369 e. The molecule has 116 valence electrons. The van der Waals surface area contributed by atoms with Crippen molar-refractivity contribution in [2.45, 2.75) is 18.9 Å². The van der Waals surface area contributed by atoms with Crippen molar-refractivity contribution in [3.8, 4) is 6.07 Å². The van der Waals surface area contributed by atoms with Gasteiger partial charge in [0.1, 0.15) is 11.9 Å². The highest BCUT2D eigenvalue weighted by molar-refractivity contribution is 5.60. The Kier molecular flexibility index (Phi) is 3.19. The highest BCUT2D eigenvalue weighted by Gasteiger charge is 2.35. The molecule has 2 aliphatic heterocycles. The van der Waals surface area contributed by atoms with E-state index in [1.54, 1.807) is 12.1 Å². The summed E-state index contributed by atoms with van der Waals surface area (Å²) in [5.74, 6) is 0.258. The van der Waals surface area contributed by atoms with Crippen LogP contribution < -0.4 is 10.5 Å². The molecule has 0 radical (unpaired) electrons. The molecule has 5 heteroatoms. The predicted molar refractivity (Wildman–Crippen MR) is 84.9 cm³/mol. The van der Waals surface area contributed by atoms with E-state index in [4.69, 9.17) is 0 Å². The monoisotopic (exact) mass is 309 g/mol. The highest BCUT2D eigenvalue weighted by Crippen LogP contribution is 2.37. The normalized spacial score (nSPS) is 22.3. The molecule has 1 fully saturated rings. The first-order chi connectivity index (χ1) is 11.2. The van der Waals surface area contributed by atoms with E-state index in [-0.39, 0.29) is 17.3 Å². The molecule has 4 rings (SSSR count). The molecule has 23 heavy (non-hydrogen) atoms. The van der Waals surface area contributed by atoms with Gasteiger partial charge in [-0.2, -0.15) is 5.26 Å². The van der Waals surface area contributed by atoms with E-state index in [1.807, 2.05) is 10.6 Å². The molecule has 1 aromatic heterocycles. The quantitative estimate of drug-likeness (QED) is 0.813. The third kappa shape index (κ3) is 2.31. The number of halogens is 1. The molecular weight excluding hydrogens is 293 g/mol. The highest BCUT2D eigenvalue weighted by atomic mass is 19.1. The lowest BCUT2D eigenvalue weighted by atomic mass is 9.83. The van der Waals surface area contributed by atoms with Crippen molar-refractivity contribution < 1.29 is 4.39 Å². The summed E-state index contributed by atoms with van der Waals surface area (Å²) in [4.78, 5) is 14.1. The fraction of sp³-hybridized carbons (Fsp3) is 0.333. The van der Waals surface area contributed by atoms with Gasteiger partial charge in [-0.05, 0) is 36.6 Å². The summed E-state index contributed by atoms with van der Waals surface area (Å²) >= 11 is 0. The van der Waals surface area contributed by atoms with Gasteiger partial charge in [-0.25, -0.2) is 4.39 Å². The van der Waals surface area contributed by atoms with Crippen molar-refractivity contribution in [1.82, 2.24) is 4.57 Å². The van der Waals surface area contributed by atoms with Crippen LogP contribution in [0.3, 0.4) is 0 Å². The maximum absolute atomic E-state index is 13.6. The summed E-state index contributed by atoms with van der Waals surface area (Å²) in [6.45, 7) is 2.15. The lowest BCUT2D eigenvalue weighted by Crippen LogP contribution is -2.47. The summed E-state index contributed by atoms with van der Waals surface area (Å²) < 4.78 is 15.5. The largest absolute Gasteiger partial charge is 0.369 e. The Morgan fingerprint density at radius 2 is 2.04 bits per heavy atom. The Morgan fingerprint density at radius 1 is 1.17 bits per heavy atom. The van der Waals surface area contributed by atoms with E-state index in [2.05, 4.69) is 11.0 Å². The van der Waals surface area contributed by atoms with Crippen LogP contribution >= 0.6 is 0 Å². The molecular formula is C18H16FN3O. The van der Waals surface area contributed by atoms with Crippen molar-refractivity contribution in [3.63, 3.8) is 0 Å². The van der Waals surface area contributed by atoms with Crippen LogP contribution in [0, 0.1) is 23.1 Å². The Hall–Kier alpha value is -2.61. The summed E-state index contributed by atoms with van der Waals surface area (Å²) in [6, 6.07) is 11.9. The zero-order valence-corrected chi connectivity index (χ0v) is 12.6. The summed E-state index contributed by atoms with van der Waals surface area (Å²) in [5.41, 5.74) is 2.26. The molecule has 0 amide bonds. The summed E-state index contributed by atoms with van der Waals surface area (Å²) in [7, 11) is 0. The van der Waals surface area contributed by atoms with Gasteiger partial charge in [-0.1, -0.05) is 6.07 Å². The first-order valence-corrected chi connectivity index (χ1v) is 7.80. The van der Waals surface area contributed by atoms with Crippen LogP contribution in [0.5, 0.6) is 0 Å². The lowest BCUT2D eigenvalue weighted by molar-refractivity contribution is 0.281. The van der Waals surface area contributed by atoms with E-state index in [9.17, 15) is 14.4 Å². The fourth-order valence-corrected chi connectivity index (χ4v) is 3.95. The molecule has 0 N–H and O–H groups in total. The number of hydrogen-bond acceptors (Lipinski definition) is 3. The van der Waals surface area contributed by atoms with E-state index in [1.165, 1.54) is 18.2 Å². The molecule has 2 aliphatic rings. The molecule has 2 atom stereocenters. The standard InChI is InChI=1S/C18H16FN3O/c19-15-5-4-13(8-20)17(7-15)21-9-12-6-14(11-21)16-2-1-3-18(23)22(16)10-12/h1-5,7,12,14H,6,9-11H2/t12-,14+/m0/s1. The zero-order chi connectivity index (χ0) is 16.0. The second-order valence-electron chi connectivity index (χ2n) is 6.38. The van der Waals surface area contributed by atoms with Gasteiger partial charge in [0, 0.05) is 37.3 Å². The minimum atomic E-state index is -0.327. The number of fused-ring (bicyclic) bond motifs is 4. The number of aromatic nitrogens is 1. The summed E-state index contributed by atoms with van der Waals surface area (Å²) in [5, 5.41) is 9.29. The zero-order valence-electron chi connectivity index (χ0n) is 12.6. The van der Waals surface area contributed by atoms with Gasteiger partial charge in [0.2, 0.25) is 0 Å². The molecule has 1 saturated heterocycles. The van der Waals surface area contributed by atoms with Crippen LogP contribution in [0.15, 0.2) is 41.2 Å². The number of piperidine rings is 1. The third-order valence-electron chi connectivity index (χ3n) is 4.90. The maximum Gasteiger partial charge on any atom is 0.250 e. The lowest BCUT2D eigenvalue weighted by Gasteiger charge is -2.44. The summed E-state index contributed by atoms with van der Waals surface area (Å²) in [6.07, 6.45) is 1.04. The van der Waals surface area contributed by atoms with E-state index >= 15 is 0 Å². The molecule has 0 aliphatic carbocycles. The van der Waals surface area contributed by atoms with Crippen LogP contribution in [0.4, 0.5) is 10.1 Å². The van der Waals surface area contributed by atoms with E-state index in [0.29, 0.717) is 30.3 Å². The van der Waals surface area contributed by atoms with Gasteiger partial charge in [0.15, 0.2) is 0 Å². The van der Waals surface area contributed by atoms with Crippen LogP contribution in [-0.4, -0.2) is 17.7 Å². The third-order valence-corrected chi connectivity index (χ3v) is 4.90. The molecule has 0 spiro atoms. The Balaban J connectivity index is 1.73. The van der Waals surface area contributed by atoms with Gasteiger partial charge >= 0.3 is 0 Å². The van der Waals surface area contributed by atoms with E-state index in [0.717, 1.165) is 18.7 Å². The van der Waals surface area contributed by atoms with Crippen LogP contribution in [-0.2, 0) is 6.54 Å². The van der Waals surface area contributed by atoms with Gasteiger partial charge in [-0.15, -0.1) is 0 Å². The molecule has 2 aromatic rings. The smallest absolute Gasteiger partial charge is 0.250 e. The Morgan fingerprint density at radius 3 is 2.87 bits per heavy atom. The Bertz CT molecular complexity index is 867. The molecule has 2 bridgehead atoms. The fourth-order valence-electron chi connectivity index (χ4n) is 3.95. The number of hydrogen-bond donors (Lipinski definition) is 0. The number of anilines is 1. The predicted octanol–water partition coefficient (Wildman–Crippen LogP) is 2.48. The van der Waals surface area contributed by atoms with Gasteiger partial charge < -0.3 is 9.47 Å². The molecule has 1 aromatic carbocycles. The van der Waals surface area contributed by atoms with Crippen LogP contribution in [0.25, 0.3) is 0 Å². The molecule has 3 heterocycles. The first-order valence-electron chi connectivity index (χ1n) is 7.80.